The van der Waals surface area contributed by atoms with Crippen LogP contribution in [0.3, 0.4) is 0 Å². The van der Waals surface area contributed by atoms with Gasteiger partial charge in [-0.2, -0.15) is 0 Å². The molecule has 0 aliphatic carbocycles. The van der Waals surface area contributed by atoms with Crippen LogP contribution in [-0.2, 0) is 9.53 Å². The Morgan fingerprint density at radius 2 is 1.62 bits per heavy atom. The summed E-state index contributed by atoms with van der Waals surface area (Å²) in [5.74, 6) is -0.253. The molecule has 26 heavy (non-hydrogen) atoms. The van der Waals surface area contributed by atoms with Gasteiger partial charge in [0.15, 0.2) is 6.61 Å². The van der Waals surface area contributed by atoms with Crippen LogP contribution in [0.4, 0.5) is 5.69 Å². The number of methoxy groups -OCH3 is 2. The van der Waals surface area contributed by atoms with Crippen molar-refractivity contribution in [2.24, 2.45) is 0 Å². The number of rotatable bonds is 6. The van der Waals surface area contributed by atoms with Crippen molar-refractivity contribution in [3.63, 3.8) is 0 Å². The van der Waals surface area contributed by atoms with E-state index in [4.69, 9.17) is 25.8 Å². The lowest BCUT2D eigenvalue weighted by Crippen LogP contribution is -2.21. The number of esters is 1. The van der Waals surface area contributed by atoms with Crippen molar-refractivity contribution in [2.75, 3.05) is 26.1 Å². The summed E-state index contributed by atoms with van der Waals surface area (Å²) in [5.41, 5.74) is 2.54. The Bertz CT molecular complexity index is 789. The quantitative estimate of drug-likeness (QED) is 0.776. The molecule has 1 N–H and O–H groups in total. The highest BCUT2D eigenvalue weighted by molar-refractivity contribution is 6.34. The highest BCUT2D eigenvalue weighted by Gasteiger charge is 2.15. The Balaban J connectivity index is 2.02. The van der Waals surface area contributed by atoms with Gasteiger partial charge in [0.2, 0.25) is 0 Å². The first-order chi connectivity index (χ1) is 12.3. The van der Waals surface area contributed by atoms with E-state index in [0.29, 0.717) is 22.2 Å². The van der Waals surface area contributed by atoms with Crippen LogP contribution in [0.15, 0.2) is 30.3 Å². The zero-order chi connectivity index (χ0) is 19.3. The van der Waals surface area contributed by atoms with Crippen LogP contribution in [0, 0.1) is 13.8 Å². The molecule has 0 aliphatic rings. The second-order valence-electron chi connectivity index (χ2n) is 5.66. The first kappa shape index (κ1) is 19.6. The minimum Gasteiger partial charge on any atom is -0.497 e. The molecule has 0 radical (unpaired) electrons. The number of carbonyl (C=O) groups excluding carboxylic acids is 2. The summed E-state index contributed by atoms with van der Waals surface area (Å²) < 4.78 is 15.3. The molecule has 0 spiro atoms. The van der Waals surface area contributed by atoms with Gasteiger partial charge in [-0.1, -0.05) is 17.7 Å². The fourth-order valence-corrected chi connectivity index (χ4v) is 2.76. The molecule has 0 aliphatic heterocycles. The second kappa shape index (κ2) is 8.58. The number of anilines is 1. The number of hydrogen-bond acceptors (Lipinski definition) is 5. The SMILES string of the molecule is COc1cc(OC)cc(C(=O)OCC(=O)Nc2c(C)cc(C)cc2Cl)c1. The highest BCUT2D eigenvalue weighted by Crippen LogP contribution is 2.27. The van der Waals surface area contributed by atoms with Gasteiger partial charge in [0, 0.05) is 6.07 Å². The Hall–Kier alpha value is -2.73. The van der Waals surface area contributed by atoms with E-state index in [1.807, 2.05) is 19.9 Å². The highest BCUT2D eigenvalue weighted by atomic mass is 35.5. The van der Waals surface area contributed by atoms with Gasteiger partial charge >= 0.3 is 5.97 Å². The number of aryl methyl sites for hydroxylation is 2. The van der Waals surface area contributed by atoms with Crippen LogP contribution >= 0.6 is 11.6 Å². The van der Waals surface area contributed by atoms with E-state index in [-0.39, 0.29) is 5.56 Å². The number of hydrogen-bond donors (Lipinski definition) is 1. The molecular formula is C19H20ClNO5. The molecular weight excluding hydrogens is 358 g/mol. The summed E-state index contributed by atoms with van der Waals surface area (Å²) in [4.78, 5) is 24.3. The standard InChI is InChI=1S/C19H20ClNO5/c1-11-5-12(2)18(16(20)6-11)21-17(22)10-26-19(23)13-7-14(24-3)9-15(8-13)25-4/h5-9H,10H2,1-4H3,(H,21,22). The van der Waals surface area contributed by atoms with E-state index in [1.165, 1.54) is 26.4 Å². The van der Waals surface area contributed by atoms with E-state index < -0.39 is 18.5 Å². The van der Waals surface area contributed by atoms with Crippen LogP contribution < -0.4 is 14.8 Å². The van der Waals surface area contributed by atoms with Crippen molar-refractivity contribution in [1.82, 2.24) is 0 Å². The maximum atomic E-state index is 12.2. The lowest BCUT2D eigenvalue weighted by molar-refractivity contribution is -0.119. The number of ether oxygens (including phenoxy) is 3. The summed E-state index contributed by atoms with van der Waals surface area (Å²) in [6.07, 6.45) is 0. The van der Waals surface area contributed by atoms with Crippen molar-refractivity contribution in [1.29, 1.82) is 0 Å². The minimum atomic E-state index is -0.663. The minimum absolute atomic E-state index is 0.221. The molecule has 138 valence electrons. The molecule has 0 saturated carbocycles. The van der Waals surface area contributed by atoms with Gasteiger partial charge in [0.05, 0.1) is 30.5 Å². The average molecular weight is 378 g/mol. The molecule has 0 bridgehead atoms. The molecule has 0 unspecified atom stereocenters. The summed E-state index contributed by atoms with van der Waals surface area (Å²) in [6.45, 7) is 3.31. The fourth-order valence-electron chi connectivity index (χ4n) is 2.39. The van der Waals surface area contributed by atoms with Crippen molar-refractivity contribution in [3.05, 3.63) is 52.0 Å². The summed E-state index contributed by atoms with van der Waals surface area (Å²) >= 11 is 6.15. The van der Waals surface area contributed by atoms with E-state index in [1.54, 1.807) is 12.1 Å². The first-order valence-electron chi connectivity index (χ1n) is 7.81. The zero-order valence-electron chi connectivity index (χ0n) is 15.0. The molecule has 1 amide bonds. The van der Waals surface area contributed by atoms with Crippen LogP contribution in [0.25, 0.3) is 0 Å². The molecule has 2 aromatic carbocycles. The van der Waals surface area contributed by atoms with E-state index in [9.17, 15) is 9.59 Å². The second-order valence-corrected chi connectivity index (χ2v) is 6.07. The zero-order valence-corrected chi connectivity index (χ0v) is 15.8. The number of nitrogens with one attached hydrogen (secondary N) is 1. The summed E-state index contributed by atoms with van der Waals surface area (Å²) in [6, 6.07) is 8.29. The molecule has 6 nitrogen and oxygen atoms in total. The van der Waals surface area contributed by atoms with Gasteiger partial charge in [-0.05, 0) is 43.2 Å². The van der Waals surface area contributed by atoms with Gasteiger partial charge in [-0.3, -0.25) is 4.79 Å². The third kappa shape index (κ3) is 4.89. The predicted octanol–water partition coefficient (Wildman–Crippen LogP) is 3.77. The molecule has 2 aromatic rings. The van der Waals surface area contributed by atoms with Crippen LogP contribution in [0.5, 0.6) is 11.5 Å². The summed E-state index contributed by atoms with van der Waals surface area (Å²) in [5, 5.41) is 3.09. The lowest BCUT2D eigenvalue weighted by Gasteiger charge is -2.12. The first-order valence-corrected chi connectivity index (χ1v) is 8.18. The molecule has 0 aromatic heterocycles. The number of halogens is 1. The maximum Gasteiger partial charge on any atom is 0.338 e. The number of amides is 1. The topological polar surface area (TPSA) is 73.9 Å². The Morgan fingerprint density at radius 3 is 2.15 bits per heavy atom. The van der Waals surface area contributed by atoms with E-state index in [2.05, 4.69) is 5.32 Å². The van der Waals surface area contributed by atoms with E-state index >= 15 is 0 Å². The molecule has 0 saturated heterocycles. The third-order valence-electron chi connectivity index (χ3n) is 3.62. The molecule has 0 atom stereocenters. The lowest BCUT2D eigenvalue weighted by atomic mass is 10.1. The molecule has 7 heteroatoms. The van der Waals surface area contributed by atoms with Crippen molar-refractivity contribution in [3.8, 4) is 11.5 Å². The predicted molar refractivity (Wildman–Crippen MR) is 99.4 cm³/mol. The Kier molecular flexibility index (Phi) is 6.46. The van der Waals surface area contributed by atoms with Gasteiger partial charge in [-0.15, -0.1) is 0 Å². The van der Waals surface area contributed by atoms with E-state index in [0.717, 1.165) is 11.1 Å². The van der Waals surface area contributed by atoms with Gasteiger partial charge in [-0.25, -0.2) is 4.79 Å². The average Bonchev–Trinajstić information content (AvgIpc) is 2.62. The van der Waals surface area contributed by atoms with Gasteiger partial charge in [0.1, 0.15) is 11.5 Å². The van der Waals surface area contributed by atoms with Gasteiger partial charge in [0.25, 0.3) is 5.91 Å². The van der Waals surface area contributed by atoms with Crippen molar-refractivity contribution in [2.45, 2.75) is 13.8 Å². The normalized spacial score (nSPS) is 10.2. The largest absolute Gasteiger partial charge is 0.497 e. The number of benzene rings is 2. The van der Waals surface area contributed by atoms with Gasteiger partial charge < -0.3 is 19.5 Å². The fraction of sp³-hybridized carbons (Fsp3) is 0.263. The smallest absolute Gasteiger partial charge is 0.338 e. The monoisotopic (exact) mass is 377 g/mol. The van der Waals surface area contributed by atoms with Crippen molar-refractivity contribution < 1.29 is 23.8 Å². The number of carbonyl (C=O) groups is 2. The summed E-state index contributed by atoms with van der Waals surface area (Å²) in [7, 11) is 2.95. The third-order valence-corrected chi connectivity index (χ3v) is 3.92. The van der Waals surface area contributed by atoms with Crippen LogP contribution in [-0.4, -0.2) is 32.7 Å². The van der Waals surface area contributed by atoms with Crippen LogP contribution in [0.1, 0.15) is 21.5 Å². The molecule has 0 heterocycles. The maximum absolute atomic E-state index is 12.2. The Labute approximate surface area is 157 Å². The van der Waals surface area contributed by atoms with Crippen LogP contribution in [0.2, 0.25) is 5.02 Å². The molecule has 2 rings (SSSR count). The Morgan fingerprint density at radius 1 is 1.00 bits per heavy atom. The molecule has 0 fully saturated rings. The van der Waals surface area contributed by atoms with Crippen molar-refractivity contribution >= 4 is 29.2 Å².